The molecule has 0 unspecified atom stereocenters. The number of Topliss-reactive ketones (excluding diaryl/α,β-unsaturated/α-hetero) is 1. The number of carbonyl (C=O) groups excluding carboxylic acids is 3. The van der Waals surface area contributed by atoms with Crippen LogP contribution in [-0.4, -0.2) is 44.3 Å². The Morgan fingerprint density at radius 3 is 2.36 bits per heavy atom. The molecule has 0 aliphatic heterocycles. The van der Waals surface area contributed by atoms with Crippen LogP contribution in [-0.2, 0) is 19.5 Å². The molecule has 12 heteroatoms. The van der Waals surface area contributed by atoms with Crippen molar-refractivity contribution in [2.45, 2.75) is 31.8 Å². The van der Waals surface area contributed by atoms with Crippen molar-refractivity contribution < 1.29 is 32.3 Å². The third-order valence-corrected chi connectivity index (χ3v) is 7.38. The Kier molecular flexibility index (Phi) is 8.12. The number of sulfonamides is 1. The number of benzene rings is 2. The number of aromatic nitrogens is 1. The van der Waals surface area contributed by atoms with Gasteiger partial charge in [0.15, 0.2) is 6.10 Å². The highest BCUT2D eigenvalue weighted by atomic mass is 35.5. The number of esters is 2. The second-order valence-electron chi connectivity index (χ2n) is 7.75. The molecule has 1 aromatic heterocycles. The van der Waals surface area contributed by atoms with Crippen LogP contribution < -0.4 is 4.72 Å². The maximum Gasteiger partial charge on any atom is 0.340 e. The highest BCUT2D eigenvalue weighted by molar-refractivity contribution is 7.92. The lowest BCUT2D eigenvalue weighted by atomic mass is 10.1. The maximum absolute atomic E-state index is 13.0. The largest absolute Gasteiger partial charge is 0.465 e. The summed E-state index contributed by atoms with van der Waals surface area (Å²) in [6.45, 7) is 4.55. The Morgan fingerprint density at radius 2 is 1.69 bits per heavy atom. The first-order chi connectivity index (χ1) is 16.9. The molecule has 1 heterocycles. The number of ketones is 1. The molecule has 2 aromatic carbocycles. The maximum atomic E-state index is 13.0. The van der Waals surface area contributed by atoms with E-state index < -0.39 is 33.8 Å². The number of hydrogen-bond acceptors (Lipinski definition) is 7. The number of aryl methyl sites for hydroxylation is 1. The molecule has 0 saturated heterocycles. The molecule has 0 saturated carbocycles. The molecule has 3 aromatic rings. The van der Waals surface area contributed by atoms with Crippen molar-refractivity contribution in [3.63, 3.8) is 0 Å². The van der Waals surface area contributed by atoms with Gasteiger partial charge in [-0.25, -0.2) is 18.0 Å². The third-order valence-electron chi connectivity index (χ3n) is 5.30. The summed E-state index contributed by atoms with van der Waals surface area (Å²) in [6, 6.07) is 9.68. The zero-order chi connectivity index (χ0) is 26.8. The summed E-state index contributed by atoms with van der Waals surface area (Å²) in [5.41, 5.74) is 0.891. The molecule has 0 spiro atoms. The molecule has 0 aliphatic rings. The van der Waals surface area contributed by atoms with E-state index in [1.165, 1.54) is 56.5 Å². The molecular weight excluding hydrogens is 531 g/mol. The van der Waals surface area contributed by atoms with Gasteiger partial charge in [0.1, 0.15) is 4.90 Å². The number of nitrogens with one attached hydrogen (secondary N) is 2. The molecule has 36 heavy (non-hydrogen) atoms. The summed E-state index contributed by atoms with van der Waals surface area (Å²) in [5.74, 6) is -2.13. The number of H-pyrrole nitrogens is 1. The molecule has 0 bridgehead atoms. The lowest BCUT2D eigenvalue weighted by Crippen LogP contribution is -2.26. The number of carbonyl (C=O) groups is 3. The monoisotopic (exact) mass is 552 g/mol. The quantitative estimate of drug-likeness (QED) is 0.298. The molecule has 190 valence electrons. The van der Waals surface area contributed by atoms with Gasteiger partial charge in [-0.2, -0.15) is 0 Å². The van der Waals surface area contributed by atoms with Crippen LogP contribution in [0, 0.1) is 13.8 Å². The van der Waals surface area contributed by atoms with Gasteiger partial charge in [-0.05, 0) is 56.7 Å². The van der Waals surface area contributed by atoms with Crippen molar-refractivity contribution in [3.05, 3.63) is 80.6 Å². The summed E-state index contributed by atoms with van der Waals surface area (Å²) in [4.78, 5) is 40.5. The van der Waals surface area contributed by atoms with E-state index in [9.17, 15) is 22.8 Å². The summed E-state index contributed by atoms with van der Waals surface area (Å²) in [7, 11) is -2.99. The van der Waals surface area contributed by atoms with Crippen LogP contribution in [0.3, 0.4) is 0 Å². The smallest absolute Gasteiger partial charge is 0.340 e. The fraction of sp³-hybridized carbons (Fsp3) is 0.208. The van der Waals surface area contributed by atoms with Crippen molar-refractivity contribution in [2.75, 3.05) is 11.8 Å². The van der Waals surface area contributed by atoms with E-state index in [1.54, 1.807) is 13.8 Å². The van der Waals surface area contributed by atoms with Gasteiger partial charge >= 0.3 is 11.9 Å². The minimum atomic E-state index is -4.22. The van der Waals surface area contributed by atoms with Gasteiger partial charge in [-0.3, -0.25) is 9.52 Å². The van der Waals surface area contributed by atoms with Crippen LogP contribution in [0.4, 0.5) is 5.69 Å². The summed E-state index contributed by atoms with van der Waals surface area (Å²) in [6.07, 6.45) is -1.26. The molecule has 0 aliphatic carbocycles. The van der Waals surface area contributed by atoms with E-state index in [2.05, 4.69) is 9.71 Å². The van der Waals surface area contributed by atoms with Crippen molar-refractivity contribution in [1.82, 2.24) is 4.98 Å². The van der Waals surface area contributed by atoms with E-state index in [0.29, 0.717) is 11.3 Å². The number of anilines is 1. The Labute approximate surface area is 217 Å². The molecule has 2 N–H and O–H groups in total. The number of hydrogen-bond donors (Lipinski definition) is 2. The standard InChI is InChI=1S/C24H22Cl2N2O7S/c1-12-20(24(31)34-4)13(2)27-21(12)22(29)14(3)35-23(30)16-7-5-6-8-18(16)28-36(32,33)19-11-15(25)9-10-17(19)26/h5-11,14,27-28H,1-4H3/t14-/m1/s1. The molecule has 3 rings (SSSR count). The second-order valence-corrected chi connectivity index (χ2v) is 10.2. The lowest BCUT2D eigenvalue weighted by molar-refractivity contribution is 0.0317. The average molecular weight is 553 g/mol. The van der Waals surface area contributed by atoms with Crippen LogP contribution in [0.5, 0.6) is 0 Å². The van der Waals surface area contributed by atoms with E-state index in [4.69, 9.17) is 32.7 Å². The second kappa shape index (κ2) is 10.7. The van der Waals surface area contributed by atoms with Crippen molar-refractivity contribution in [2.24, 2.45) is 0 Å². The Morgan fingerprint density at radius 1 is 1.03 bits per heavy atom. The Hall–Kier alpha value is -3.34. The van der Waals surface area contributed by atoms with Crippen molar-refractivity contribution >= 4 is 56.6 Å². The predicted molar refractivity (Wildman–Crippen MR) is 135 cm³/mol. The fourth-order valence-electron chi connectivity index (χ4n) is 3.52. The SMILES string of the molecule is COC(=O)c1c(C)[nH]c(C(=O)[C@@H](C)OC(=O)c2ccccc2NS(=O)(=O)c2cc(Cl)ccc2Cl)c1C. The predicted octanol–water partition coefficient (Wildman–Crippen LogP) is 4.95. The first kappa shape index (κ1) is 27.3. The molecule has 1 atom stereocenters. The minimum absolute atomic E-state index is 0.0610. The van der Waals surface area contributed by atoms with Crippen molar-refractivity contribution in [3.8, 4) is 0 Å². The van der Waals surface area contributed by atoms with Crippen LogP contribution in [0.2, 0.25) is 10.0 Å². The first-order valence-electron chi connectivity index (χ1n) is 10.5. The zero-order valence-corrected chi connectivity index (χ0v) is 22.0. The van der Waals surface area contributed by atoms with Gasteiger partial charge in [-0.15, -0.1) is 0 Å². The van der Waals surface area contributed by atoms with E-state index in [1.807, 2.05) is 0 Å². The minimum Gasteiger partial charge on any atom is -0.465 e. The van der Waals surface area contributed by atoms with E-state index >= 15 is 0 Å². The fourth-order valence-corrected chi connectivity index (χ4v) is 5.36. The normalized spacial score (nSPS) is 12.1. The molecular formula is C24H22Cl2N2O7S. The lowest BCUT2D eigenvalue weighted by Gasteiger charge is -2.16. The van der Waals surface area contributed by atoms with Gasteiger partial charge in [0.2, 0.25) is 5.78 Å². The Balaban J connectivity index is 1.85. The molecule has 0 fully saturated rings. The summed E-state index contributed by atoms with van der Waals surface area (Å²) >= 11 is 11.9. The Bertz CT molecular complexity index is 1470. The number of methoxy groups -OCH3 is 1. The highest BCUT2D eigenvalue weighted by Crippen LogP contribution is 2.28. The van der Waals surface area contributed by atoms with Crippen LogP contribution in [0.1, 0.15) is 49.4 Å². The number of aromatic amines is 1. The average Bonchev–Trinajstić information content (AvgIpc) is 3.13. The van der Waals surface area contributed by atoms with Crippen molar-refractivity contribution in [1.29, 1.82) is 0 Å². The van der Waals surface area contributed by atoms with E-state index in [-0.39, 0.29) is 37.4 Å². The molecule has 0 amide bonds. The topological polar surface area (TPSA) is 132 Å². The van der Waals surface area contributed by atoms with Crippen LogP contribution >= 0.6 is 23.2 Å². The molecule has 9 nitrogen and oxygen atoms in total. The highest BCUT2D eigenvalue weighted by Gasteiger charge is 2.29. The van der Waals surface area contributed by atoms with Crippen LogP contribution in [0.15, 0.2) is 47.4 Å². The van der Waals surface area contributed by atoms with Gasteiger partial charge in [-0.1, -0.05) is 35.3 Å². The third kappa shape index (κ3) is 5.56. The van der Waals surface area contributed by atoms with Crippen LogP contribution in [0.25, 0.3) is 0 Å². The number of para-hydroxylation sites is 1. The molecule has 0 radical (unpaired) electrons. The van der Waals surface area contributed by atoms with Gasteiger partial charge in [0.05, 0.1) is 34.6 Å². The van der Waals surface area contributed by atoms with Gasteiger partial charge < -0.3 is 14.5 Å². The first-order valence-corrected chi connectivity index (χ1v) is 12.7. The van der Waals surface area contributed by atoms with Gasteiger partial charge in [0, 0.05) is 10.7 Å². The number of rotatable bonds is 8. The summed E-state index contributed by atoms with van der Waals surface area (Å²) in [5, 5.41) is 0.0964. The zero-order valence-electron chi connectivity index (χ0n) is 19.6. The van der Waals surface area contributed by atoms with E-state index in [0.717, 1.165) is 0 Å². The number of halogens is 2. The number of ether oxygens (including phenoxy) is 2. The summed E-state index contributed by atoms with van der Waals surface area (Å²) < 4.78 is 38.2. The van der Waals surface area contributed by atoms with Gasteiger partial charge in [0.25, 0.3) is 10.0 Å².